The molecule has 0 unspecified atom stereocenters. The minimum absolute atomic E-state index is 0.172. The van der Waals surface area contributed by atoms with Gasteiger partial charge in [0.2, 0.25) is 0 Å². The number of aryl methyl sites for hydroxylation is 2. The summed E-state index contributed by atoms with van der Waals surface area (Å²) in [6.45, 7) is 0.172. The van der Waals surface area contributed by atoms with Gasteiger partial charge in [-0.1, -0.05) is 6.07 Å². The molecule has 3 nitrogen and oxygen atoms in total. The van der Waals surface area contributed by atoms with Crippen molar-refractivity contribution in [2.24, 2.45) is 0 Å². The molecule has 0 aliphatic rings. The normalized spacial score (nSPS) is 10.6. The van der Waals surface area contributed by atoms with Gasteiger partial charge in [-0.05, 0) is 18.1 Å². The molecule has 2 aromatic rings. The second-order valence-corrected chi connectivity index (χ2v) is 4.51. The van der Waals surface area contributed by atoms with Crippen molar-refractivity contribution in [2.45, 2.75) is 19.3 Å². The van der Waals surface area contributed by atoms with Crippen LogP contribution in [0.3, 0.4) is 0 Å². The van der Waals surface area contributed by atoms with E-state index in [1.165, 1.54) is 5.56 Å². The maximum absolute atomic E-state index is 8.79. The Labute approximate surface area is 98.8 Å². The summed E-state index contributed by atoms with van der Waals surface area (Å²) in [7, 11) is 0. The predicted molar refractivity (Wildman–Crippen MR) is 64.5 cm³/mol. The number of aromatic nitrogens is 2. The second-order valence-electron chi connectivity index (χ2n) is 3.57. The van der Waals surface area contributed by atoms with E-state index >= 15 is 0 Å². The molecule has 0 radical (unpaired) electrons. The smallest absolute Gasteiger partial charge is 0.0931 e. The van der Waals surface area contributed by atoms with Crippen LogP contribution < -0.4 is 0 Å². The van der Waals surface area contributed by atoms with Gasteiger partial charge in [-0.2, -0.15) is 0 Å². The van der Waals surface area contributed by atoms with Crippen molar-refractivity contribution in [3.8, 4) is 0 Å². The van der Waals surface area contributed by atoms with Crippen molar-refractivity contribution >= 4 is 11.3 Å². The van der Waals surface area contributed by atoms with Gasteiger partial charge in [0.25, 0.3) is 0 Å². The zero-order valence-electron chi connectivity index (χ0n) is 8.97. The first kappa shape index (κ1) is 11.2. The third-order valence-electron chi connectivity index (χ3n) is 2.32. The van der Waals surface area contributed by atoms with Crippen LogP contribution in [-0.4, -0.2) is 21.7 Å². The Morgan fingerprint density at radius 2 is 2.19 bits per heavy atom. The van der Waals surface area contributed by atoms with Crippen LogP contribution in [0.15, 0.2) is 29.9 Å². The van der Waals surface area contributed by atoms with Gasteiger partial charge in [-0.3, -0.25) is 4.98 Å². The Kier molecular flexibility index (Phi) is 4.02. The van der Waals surface area contributed by atoms with E-state index in [2.05, 4.69) is 16.0 Å². The Hall–Kier alpha value is -1.26. The van der Waals surface area contributed by atoms with Gasteiger partial charge >= 0.3 is 0 Å². The Morgan fingerprint density at radius 3 is 2.94 bits per heavy atom. The zero-order chi connectivity index (χ0) is 11.2. The van der Waals surface area contributed by atoms with Crippen LogP contribution in [0, 0.1) is 0 Å². The standard InChI is InChI=1S/C12H14N2OS/c15-7-5-11-9-16-12(14-11)4-3-10-2-1-6-13-8-10/h1-2,6,8-9,15H,3-5,7H2. The average Bonchev–Trinajstić information content (AvgIpc) is 2.76. The summed E-state index contributed by atoms with van der Waals surface area (Å²) in [6.07, 6.45) is 6.25. The van der Waals surface area contributed by atoms with Crippen molar-refractivity contribution in [1.29, 1.82) is 0 Å². The molecule has 0 bridgehead atoms. The molecule has 0 spiro atoms. The average molecular weight is 234 g/mol. The number of nitrogens with zero attached hydrogens (tertiary/aromatic N) is 2. The van der Waals surface area contributed by atoms with Crippen molar-refractivity contribution in [1.82, 2.24) is 9.97 Å². The summed E-state index contributed by atoms with van der Waals surface area (Å²) < 4.78 is 0. The van der Waals surface area contributed by atoms with Gasteiger partial charge in [0.1, 0.15) is 0 Å². The van der Waals surface area contributed by atoms with Crippen LogP contribution in [0.4, 0.5) is 0 Å². The SMILES string of the molecule is OCCc1csc(CCc2cccnc2)n1. The lowest BCUT2D eigenvalue weighted by atomic mass is 10.2. The minimum Gasteiger partial charge on any atom is -0.396 e. The highest BCUT2D eigenvalue weighted by Crippen LogP contribution is 2.13. The molecule has 0 aliphatic heterocycles. The number of hydrogen-bond acceptors (Lipinski definition) is 4. The summed E-state index contributed by atoms with van der Waals surface area (Å²) in [5.74, 6) is 0. The van der Waals surface area contributed by atoms with Gasteiger partial charge in [0.05, 0.1) is 10.7 Å². The fourth-order valence-corrected chi connectivity index (χ4v) is 2.32. The van der Waals surface area contributed by atoms with Crippen LogP contribution in [0.2, 0.25) is 0 Å². The Morgan fingerprint density at radius 1 is 1.25 bits per heavy atom. The van der Waals surface area contributed by atoms with Crippen molar-refractivity contribution in [2.75, 3.05) is 6.61 Å². The molecule has 4 heteroatoms. The lowest BCUT2D eigenvalue weighted by Crippen LogP contribution is -1.94. The fourth-order valence-electron chi connectivity index (χ4n) is 1.49. The van der Waals surface area contributed by atoms with Crippen molar-refractivity contribution in [3.05, 3.63) is 46.2 Å². The topological polar surface area (TPSA) is 46.0 Å². The molecule has 0 amide bonds. The third kappa shape index (κ3) is 3.12. The van der Waals surface area contributed by atoms with Gasteiger partial charge in [0.15, 0.2) is 0 Å². The molecule has 2 heterocycles. The predicted octanol–water partition coefficient (Wildman–Crippen LogP) is 1.86. The van der Waals surface area contributed by atoms with Gasteiger partial charge < -0.3 is 5.11 Å². The zero-order valence-corrected chi connectivity index (χ0v) is 9.78. The third-order valence-corrected chi connectivity index (χ3v) is 3.27. The number of thiazole rings is 1. The molecule has 0 atom stereocenters. The second kappa shape index (κ2) is 5.72. The molecule has 0 saturated carbocycles. The fraction of sp³-hybridized carbons (Fsp3) is 0.333. The monoisotopic (exact) mass is 234 g/mol. The molecule has 0 fully saturated rings. The van der Waals surface area contributed by atoms with E-state index in [0.29, 0.717) is 6.42 Å². The summed E-state index contributed by atoms with van der Waals surface area (Å²) in [5.41, 5.74) is 2.23. The molecule has 0 aliphatic carbocycles. The van der Waals surface area contributed by atoms with E-state index in [1.807, 2.05) is 17.6 Å². The highest BCUT2D eigenvalue weighted by atomic mass is 32.1. The van der Waals surface area contributed by atoms with Gasteiger partial charge in [-0.25, -0.2) is 4.98 Å². The Bertz CT molecular complexity index is 428. The molecule has 0 aromatic carbocycles. The van der Waals surface area contributed by atoms with Crippen molar-refractivity contribution < 1.29 is 5.11 Å². The maximum Gasteiger partial charge on any atom is 0.0931 e. The quantitative estimate of drug-likeness (QED) is 0.859. The number of pyridine rings is 1. The van der Waals surface area contributed by atoms with Crippen molar-refractivity contribution in [3.63, 3.8) is 0 Å². The number of aliphatic hydroxyl groups excluding tert-OH is 1. The first-order valence-electron chi connectivity index (χ1n) is 5.31. The van der Waals surface area contributed by atoms with E-state index in [9.17, 15) is 0 Å². The molecular formula is C12H14N2OS. The molecule has 2 aromatic heterocycles. The van der Waals surface area contributed by atoms with Crippen LogP contribution in [0.25, 0.3) is 0 Å². The number of hydrogen-bond donors (Lipinski definition) is 1. The summed E-state index contributed by atoms with van der Waals surface area (Å²) >= 11 is 1.67. The summed E-state index contributed by atoms with van der Waals surface area (Å²) in [5, 5.41) is 11.9. The van der Waals surface area contributed by atoms with E-state index in [1.54, 1.807) is 17.5 Å². The minimum atomic E-state index is 0.172. The molecule has 0 saturated heterocycles. The first-order chi connectivity index (χ1) is 7.88. The van der Waals surface area contributed by atoms with E-state index in [0.717, 1.165) is 23.5 Å². The highest BCUT2D eigenvalue weighted by Gasteiger charge is 2.02. The van der Waals surface area contributed by atoms with Crippen LogP contribution in [-0.2, 0) is 19.3 Å². The highest BCUT2D eigenvalue weighted by molar-refractivity contribution is 7.09. The molecule has 16 heavy (non-hydrogen) atoms. The van der Waals surface area contributed by atoms with Gasteiger partial charge in [0, 0.05) is 37.2 Å². The lowest BCUT2D eigenvalue weighted by molar-refractivity contribution is 0.298. The molecule has 2 rings (SSSR count). The summed E-state index contributed by atoms with van der Waals surface area (Å²) in [6, 6.07) is 4.03. The van der Waals surface area contributed by atoms with Gasteiger partial charge in [-0.15, -0.1) is 11.3 Å². The molecule has 84 valence electrons. The van der Waals surface area contributed by atoms with E-state index in [4.69, 9.17) is 5.11 Å². The number of rotatable bonds is 5. The summed E-state index contributed by atoms with van der Waals surface area (Å²) in [4.78, 5) is 8.53. The van der Waals surface area contributed by atoms with Crippen LogP contribution in [0.1, 0.15) is 16.3 Å². The van der Waals surface area contributed by atoms with Crippen LogP contribution >= 0.6 is 11.3 Å². The number of aliphatic hydroxyl groups is 1. The Balaban J connectivity index is 1.89. The maximum atomic E-state index is 8.79. The largest absolute Gasteiger partial charge is 0.396 e. The molecule has 1 N–H and O–H groups in total. The lowest BCUT2D eigenvalue weighted by Gasteiger charge is -1.97. The van der Waals surface area contributed by atoms with E-state index < -0.39 is 0 Å². The van der Waals surface area contributed by atoms with E-state index in [-0.39, 0.29) is 6.61 Å². The molecular weight excluding hydrogens is 220 g/mol. The van der Waals surface area contributed by atoms with Crippen LogP contribution in [0.5, 0.6) is 0 Å². The first-order valence-corrected chi connectivity index (χ1v) is 6.19.